The summed E-state index contributed by atoms with van der Waals surface area (Å²) in [5, 5.41) is 5.90. The van der Waals surface area contributed by atoms with Crippen LogP contribution in [0.15, 0.2) is 24.3 Å². The van der Waals surface area contributed by atoms with Gasteiger partial charge in [-0.05, 0) is 56.8 Å². The molecule has 1 aromatic rings. The minimum absolute atomic E-state index is 0.0237. The van der Waals surface area contributed by atoms with Crippen LogP contribution in [0.4, 0.5) is 0 Å². The minimum Gasteiger partial charge on any atom is -0.490 e. The first kappa shape index (κ1) is 15.8. The maximum atomic E-state index is 11.7. The zero-order chi connectivity index (χ0) is 15.1. The van der Waals surface area contributed by atoms with Gasteiger partial charge in [-0.1, -0.05) is 19.1 Å². The van der Waals surface area contributed by atoms with Crippen molar-refractivity contribution in [3.63, 3.8) is 0 Å². The Balaban J connectivity index is 1.93. The van der Waals surface area contributed by atoms with Crippen LogP contribution in [0, 0.1) is 0 Å². The summed E-state index contributed by atoms with van der Waals surface area (Å²) in [5.41, 5.74) is 1.13. The van der Waals surface area contributed by atoms with Crippen LogP contribution in [0.5, 0.6) is 5.75 Å². The molecular formula is C17H26N2O2. The van der Waals surface area contributed by atoms with Gasteiger partial charge >= 0.3 is 0 Å². The van der Waals surface area contributed by atoms with Crippen molar-refractivity contribution >= 4 is 5.91 Å². The highest BCUT2D eigenvalue weighted by Gasteiger charge is 2.17. The molecule has 0 heterocycles. The number of hydrogen-bond acceptors (Lipinski definition) is 3. The van der Waals surface area contributed by atoms with Crippen LogP contribution in [0.25, 0.3) is 0 Å². The molecule has 2 rings (SSSR count). The van der Waals surface area contributed by atoms with Gasteiger partial charge in [-0.15, -0.1) is 0 Å². The van der Waals surface area contributed by atoms with Crippen molar-refractivity contribution in [2.75, 3.05) is 13.6 Å². The number of benzene rings is 1. The Labute approximate surface area is 127 Å². The molecule has 2 N–H and O–H groups in total. The SMILES string of the molecule is CC[C@H](NC(=O)CNC)c1ccc(OC2CCCC2)cc1. The lowest BCUT2D eigenvalue weighted by Crippen LogP contribution is -2.34. The van der Waals surface area contributed by atoms with Crippen molar-refractivity contribution in [2.24, 2.45) is 0 Å². The molecule has 1 amide bonds. The Morgan fingerprint density at radius 2 is 1.95 bits per heavy atom. The number of nitrogens with one attached hydrogen (secondary N) is 2. The molecule has 0 unspecified atom stereocenters. The van der Waals surface area contributed by atoms with Gasteiger partial charge in [0.05, 0.1) is 18.7 Å². The standard InChI is InChI=1S/C17H26N2O2/c1-3-16(19-17(20)12-18-2)13-8-10-15(11-9-13)21-14-6-4-5-7-14/h8-11,14,16,18H,3-7,12H2,1-2H3,(H,19,20)/t16-/m0/s1. The van der Waals surface area contributed by atoms with Crippen LogP contribution >= 0.6 is 0 Å². The lowest BCUT2D eigenvalue weighted by atomic mass is 10.0. The third kappa shape index (κ3) is 4.74. The number of hydrogen-bond donors (Lipinski definition) is 2. The molecule has 1 saturated carbocycles. The van der Waals surface area contributed by atoms with E-state index in [1.54, 1.807) is 7.05 Å². The Kier molecular flexibility index (Phi) is 6.05. The molecule has 1 aliphatic rings. The third-order valence-corrected chi connectivity index (χ3v) is 3.97. The molecule has 0 spiro atoms. The predicted molar refractivity (Wildman–Crippen MR) is 84.4 cm³/mol. The molecule has 4 nitrogen and oxygen atoms in total. The summed E-state index contributed by atoms with van der Waals surface area (Å²) in [7, 11) is 1.77. The first-order valence-corrected chi connectivity index (χ1v) is 7.93. The Morgan fingerprint density at radius 3 is 2.52 bits per heavy atom. The second-order valence-electron chi connectivity index (χ2n) is 5.65. The van der Waals surface area contributed by atoms with Crippen LogP contribution < -0.4 is 15.4 Å². The van der Waals surface area contributed by atoms with Gasteiger partial charge < -0.3 is 15.4 Å². The number of ether oxygens (including phenoxy) is 1. The average Bonchev–Trinajstić information content (AvgIpc) is 2.99. The van der Waals surface area contributed by atoms with Crippen molar-refractivity contribution in [3.05, 3.63) is 29.8 Å². The zero-order valence-electron chi connectivity index (χ0n) is 13.0. The number of carbonyl (C=O) groups excluding carboxylic acids is 1. The van der Waals surface area contributed by atoms with E-state index in [0.717, 1.165) is 17.7 Å². The second-order valence-corrected chi connectivity index (χ2v) is 5.65. The van der Waals surface area contributed by atoms with E-state index in [4.69, 9.17) is 4.74 Å². The highest BCUT2D eigenvalue weighted by molar-refractivity contribution is 5.78. The van der Waals surface area contributed by atoms with E-state index in [2.05, 4.69) is 29.7 Å². The van der Waals surface area contributed by atoms with Gasteiger partial charge in [0.15, 0.2) is 0 Å². The highest BCUT2D eigenvalue weighted by atomic mass is 16.5. The highest BCUT2D eigenvalue weighted by Crippen LogP contribution is 2.25. The summed E-state index contributed by atoms with van der Waals surface area (Å²) >= 11 is 0. The van der Waals surface area contributed by atoms with Crippen molar-refractivity contribution in [1.82, 2.24) is 10.6 Å². The lowest BCUT2D eigenvalue weighted by Gasteiger charge is -2.18. The summed E-state index contributed by atoms with van der Waals surface area (Å²) in [4.78, 5) is 11.7. The zero-order valence-corrected chi connectivity index (χ0v) is 13.0. The fraction of sp³-hybridized carbons (Fsp3) is 0.588. The molecule has 0 saturated heterocycles. The van der Waals surface area contributed by atoms with Gasteiger partial charge in [0.25, 0.3) is 0 Å². The molecule has 1 fully saturated rings. The van der Waals surface area contributed by atoms with Gasteiger partial charge in [0.2, 0.25) is 5.91 Å². The molecule has 0 bridgehead atoms. The van der Waals surface area contributed by atoms with E-state index in [1.165, 1.54) is 25.7 Å². The first-order chi connectivity index (χ1) is 10.2. The molecule has 1 aromatic carbocycles. The quantitative estimate of drug-likeness (QED) is 0.812. The van der Waals surface area contributed by atoms with E-state index in [0.29, 0.717) is 12.6 Å². The molecule has 21 heavy (non-hydrogen) atoms. The van der Waals surface area contributed by atoms with E-state index in [1.807, 2.05) is 12.1 Å². The van der Waals surface area contributed by atoms with Gasteiger partial charge in [0.1, 0.15) is 5.75 Å². The number of rotatable bonds is 7. The molecule has 4 heteroatoms. The number of carbonyl (C=O) groups is 1. The lowest BCUT2D eigenvalue weighted by molar-refractivity contribution is -0.120. The molecule has 1 aliphatic carbocycles. The van der Waals surface area contributed by atoms with E-state index in [-0.39, 0.29) is 11.9 Å². The molecule has 1 atom stereocenters. The molecule has 0 aliphatic heterocycles. The van der Waals surface area contributed by atoms with Crippen molar-refractivity contribution in [2.45, 2.75) is 51.2 Å². The summed E-state index contributed by atoms with van der Waals surface area (Å²) in [5.74, 6) is 0.956. The van der Waals surface area contributed by atoms with Crippen molar-refractivity contribution in [1.29, 1.82) is 0 Å². The second kappa shape index (κ2) is 8.03. The van der Waals surface area contributed by atoms with E-state index in [9.17, 15) is 4.79 Å². The van der Waals surface area contributed by atoms with Crippen LogP contribution in [0.3, 0.4) is 0 Å². The van der Waals surface area contributed by atoms with Crippen LogP contribution in [-0.4, -0.2) is 25.6 Å². The largest absolute Gasteiger partial charge is 0.490 e. The van der Waals surface area contributed by atoms with Gasteiger partial charge in [-0.2, -0.15) is 0 Å². The third-order valence-electron chi connectivity index (χ3n) is 3.97. The summed E-state index contributed by atoms with van der Waals surface area (Å²) < 4.78 is 5.97. The summed E-state index contributed by atoms with van der Waals surface area (Å²) in [6, 6.07) is 8.20. The maximum Gasteiger partial charge on any atom is 0.234 e. The first-order valence-electron chi connectivity index (χ1n) is 7.93. The average molecular weight is 290 g/mol. The molecule has 0 radical (unpaired) electrons. The van der Waals surface area contributed by atoms with Gasteiger partial charge in [-0.25, -0.2) is 0 Å². The summed E-state index contributed by atoms with van der Waals surface area (Å²) in [6.07, 6.45) is 6.14. The molecule has 116 valence electrons. The van der Waals surface area contributed by atoms with Gasteiger partial charge in [-0.3, -0.25) is 4.79 Å². The summed E-state index contributed by atoms with van der Waals surface area (Å²) in [6.45, 7) is 2.42. The number of likely N-dealkylation sites (N-methyl/N-ethyl adjacent to an activating group) is 1. The fourth-order valence-corrected chi connectivity index (χ4v) is 2.80. The van der Waals surface area contributed by atoms with Crippen LogP contribution in [0.2, 0.25) is 0 Å². The smallest absolute Gasteiger partial charge is 0.234 e. The monoisotopic (exact) mass is 290 g/mol. The molecule has 0 aromatic heterocycles. The Bertz CT molecular complexity index is 439. The minimum atomic E-state index is 0.0237. The van der Waals surface area contributed by atoms with E-state index >= 15 is 0 Å². The Morgan fingerprint density at radius 1 is 1.29 bits per heavy atom. The molecular weight excluding hydrogens is 264 g/mol. The van der Waals surface area contributed by atoms with Crippen molar-refractivity contribution in [3.8, 4) is 5.75 Å². The normalized spacial score (nSPS) is 16.7. The fourth-order valence-electron chi connectivity index (χ4n) is 2.80. The van der Waals surface area contributed by atoms with Crippen LogP contribution in [0.1, 0.15) is 50.6 Å². The maximum absolute atomic E-state index is 11.7. The van der Waals surface area contributed by atoms with Crippen molar-refractivity contribution < 1.29 is 9.53 Å². The van der Waals surface area contributed by atoms with Gasteiger partial charge in [0, 0.05) is 0 Å². The topological polar surface area (TPSA) is 50.4 Å². The van der Waals surface area contributed by atoms with Crippen LogP contribution in [-0.2, 0) is 4.79 Å². The Hall–Kier alpha value is -1.55. The van der Waals surface area contributed by atoms with E-state index < -0.39 is 0 Å². The number of amides is 1. The predicted octanol–water partition coefficient (Wildman–Crippen LogP) is 2.79.